The fourth-order valence-electron chi connectivity index (χ4n) is 1.40. The summed E-state index contributed by atoms with van der Waals surface area (Å²) in [7, 11) is 0. The van der Waals surface area contributed by atoms with Crippen molar-refractivity contribution in [3.05, 3.63) is 58.9 Å². The van der Waals surface area contributed by atoms with Crippen LogP contribution in [0.1, 0.15) is 11.1 Å². The van der Waals surface area contributed by atoms with Gasteiger partial charge >= 0.3 is 0 Å². The molecule has 2 rings (SSSR count). The molecule has 0 radical (unpaired) electrons. The highest BCUT2D eigenvalue weighted by molar-refractivity contribution is 6.32. The van der Waals surface area contributed by atoms with Crippen LogP contribution in [-0.2, 0) is 6.42 Å². The van der Waals surface area contributed by atoms with E-state index in [1.165, 1.54) is 0 Å². The number of halogens is 1. The summed E-state index contributed by atoms with van der Waals surface area (Å²) in [5.74, 6) is 0.128. The van der Waals surface area contributed by atoms with Crippen LogP contribution in [0.15, 0.2) is 42.7 Å². The van der Waals surface area contributed by atoms with E-state index in [9.17, 15) is 5.11 Å². The molecule has 1 aromatic carbocycles. The molecule has 1 N–H and O–H groups in total. The van der Waals surface area contributed by atoms with Crippen LogP contribution >= 0.6 is 11.6 Å². The molecule has 0 saturated heterocycles. The predicted molar refractivity (Wildman–Crippen MR) is 60.2 cm³/mol. The van der Waals surface area contributed by atoms with Crippen LogP contribution < -0.4 is 0 Å². The number of rotatable bonds is 2. The monoisotopic (exact) mass is 219 g/mol. The van der Waals surface area contributed by atoms with Gasteiger partial charge < -0.3 is 5.11 Å². The van der Waals surface area contributed by atoms with Gasteiger partial charge in [0.25, 0.3) is 0 Å². The Balaban J connectivity index is 2.22. The average molecular weight is 220 g/mol. The largest absolute Gasteiger partial charge is 0.506 e. The molecular weight excluding hydrogens is 210 g/mol. The second-order valence-corrected chi connectivity index (χ2v) is 3.73. The number of aromatic nitrogens is 1. The van der Waals surface area contributed by atoms with Gasteiger partial charge in [-0.3, -0.25) is 4.98 Å². The molecule has 0 aliphatic heterocycles. The number of benzene rings is 1. The van der Waals surface area contributed by atoms with Gasteiger partial charge in [0, 0.05) is 12.4 Å². The lowest BCUT2D eigenvalue weighted by Crippen LogP contribution is -1.87. The number of pyridine rings is 1. The van der Waals surface area contributed by atoms with Crippen LogP contribution in [0, 0.1) is 0 Å². The van der Waals surface area contributed by atoms with Gasteiger partial charge in [-0.1, -0.05) is 17.7 Å². The van der Waals surface area contributed by atoms with Gasteiger partial charge in [0.15, 0.2) is 0 Å². The van der Waals surface area contributed by atoms with Crippen molar-refractivity contribution < 1.29 is 5.11 Å². The number of phenolic OH excluding ortho intramolecular Hbond substituents is 1. The van der Waals surface area contributed by atoms with Gasteiger partial charge in [-0.05, 0) is 41.8 Å². The Labute approximate surface area is 93.2 Å². The van der Waals surface area contributed by atoms with Crippen molar-refractivity contribution >= 4 is 11.6 Å². The smallest absolute Gasteiger partial charge is 0.134 e. The molecule has 0 bridgehead atoms. The first-order valence-electron chi connectivity index (χ1n) is 4.62. The van der Waals surface area contributed by atoms with Crippen molar-refractivity contribution in [2.45, 2.75) is 6.42 Å². The molecule has 0 aliphatic rings. The van der Waals surface area contributed by atoms with Crippen LogP contribution in [0.4, 0.5) is 0 Å². The third-order valence-electron chi connectivity index (χ3n) is 2.17. The maximum Gasteiger partial charge on any atom is 0.134 e. The maximum atomic E-state index is 9.43. The summed E-state index contributed by atoms with van der Waals surface area (Å²) in [6.07, 6.45) is 4.28. The molecule has 1 heterocycles. The van der Waals surface area contributed by atoms with Crippen LogP contribution in [-0.4, -0.2) is 10.1 Å². The van der Waals surface area contributed by atoms with Gasteiger partial charge in [-0.2, -0.15) is 0 Å². The van der Waals surface area contributed by atoms with E-state index >= 15 is 0 Å². The van der Waals surface area contributed by atoms with Gasteiger partial charge in [0.1, 0.15) is 5.75 Å². The van der Waals surface area contributed by atoms with Crippen molar-refractivity contribution in [3.8, 4) is 5.75 Å². The molecule has 0 aliphatic carbocycles. The van der Waals surface area contributed by atoms with Crippen molar-refractivity contribution in [1.82, 2.24) is 4.98 Å². The molecule has 3 heteroatoms. The Kier molecular flexibility index (Phi) is 2.88. The minimum Gasteiger partial charge on any atom is -0.506 e. The summed E-state index contributed by atoms with van der Waals surface area (Å²) in [6, 6.07) is 9.19. The highest BCUT2D eigenvalue weighted by Gasteiger charge is 2.00. The summed E-state index contributed by atoms with van der Waals surface area (Å²) in [5.41, 5.74) is 2.19. The molecule has 15 heavy (non-hydrogen) atoms. The molecule has 0 saturated carbocycles. The zero-order chi connectivity index (χ0) is 10.7. The lowest BCUT2D eigenvalue weighted by atomic mass is 10.1. The molecule has 2 aromatic rings. The lowest BCUT2D eigenvalue weighted by Gasteiger charge is -2.03. The quantitative estimate of drug-likeness (QED) is 0.842. The summed E-state index contributed by atoms with van der Waals surface area (Å²) < 4.78 is 0. The SMILES string of the molecule is Oc1cc(Cc2ccncc2)ccc1Cl. The second-order valence-electron chi connectivity index (χ2n) is 3.32. The third-order valence-corrected chi connectivity index (χ3v) is 2.49. The first kappa shape index (κ1) is 9.99. The molecule has 76 valence electrons. The van der Waals surface area contributed by atoms with E-state index in [0.717, 1.165) is 17.5 Å². The Morgan fingerprint density at radius 1 is 1.07 bits per heavy atom. The third kappa shape index (κ3) is 2.48. The van der Waals surface area contributed by atoms with Crippen LogP contribution in [0.2, 0.25) is 5.02 Å². The first-order chi connectivity index (χ1) is 7.25. The molecular formula is C12H10ClNO. The Morgan fingerprint density at radius 2 is 1.80 bits per heavy atom. The number of phenols is 1. The van der Waals surface area contributed by atoms with Gasteiger partial charge in [0.2, 0.25) is 0 Å². The number of aromatic hydroxyl groups is 1. The standard InChI is InChI=1S/C12H10ClNO/c13-11-2-1-10(8-12(11)15)7-9-3-5-14-6-4-9/h1-6,8,15H,7H2. The van der Waals surface area contributed by atoms with Crippen LogP contribution in [0.25, 0.3) is 0 Å². The van der Waals surface area contributed by atoms with Crippen molar-refractivity contribution in [2.24, 2.45) is 0 Å². The summed E-state index contributed by atoms with van der Waals surface area (Å²) >= 11 is 5.72. The van der Waals surface area contributed by atoms with E-state index in [4.69, 9.17) is 11.6 Å². The number of hydrogen-bond acceptors (Lipinski definition) is 2. The molecule has 1 aromatic heterocycles. The number of hydrogen-bond donors (Lipinski definition) is 1. The zero-order valence-electron chi connectivity index (χ0n) is 8.02. The highest BCUT2D eigenvalue weighted by atomic mass is 35.5. The van der Waals surface area contributed by atoms with E-state index in [0.29, 0.717) is 5.02 Å². The second kappa shape index (κ2) is 4.32. The van der Waals surface area contributed by atoms with Crippen LogP contribution in [0.3, 0.4) is 0 Å². The van der Waals surface area contributed by atoms with E-state index in [-0.39, 0.29) is 5.75 Å². The lowest BCUT2D eigenvalue weighted by molar-refractivity contribution is 0.475. The molecule has 0 spiro atoms. The predicted octanol–water partition coefficient (Wildman–Crippen LogP) is 3.03. The molecule has 0 atom stereocenters. The minimum absolute atomic E-state index is 0.128. The molecule has 0 unspecified atom stereocenters. The van der Waals surface area contributed by atoms with Crippen LogP contribution in [0.5, 0.6) is 5.75 Å². The Bertz CT molecular complexity index is 456. The van der Waals surface area contributed by atoms with Crippen molar-refractivity contribution in [1.29, 1.82) is 0 Å². The van der Waals surface area contributed by atoms with E-state index in [1.807, 2.05) is 18.2 Å². The minimum atomic E-state index is 0.128. The highest BCUT2D eigenvalue weighted by Crippen LogP contribution is 2.24. The molecule has 0 fully saturated rings. The molecule has 0 amide bonds. The number of nitrogens with zero attached hydrogens (tertiary/aromatic N) is 1. The van der Waals surface area contributed by atoms with Crippen molar-refractivity contribution in [2.75, 3.05) is 0 Å². The first-order valence-corrected chi connectivity index (χ1v) is 5.00. The van der Waals surface area contributed by atoms with Gasteiger partial charge in [-0.15, -0.1) is 0 Å². The van der Waals surface area contributed by atoms with Crippen molar-refractivity contribution in [3.63, 3.8) is 0 Å². The maximum absolute atomic E-state index is 9.43. The summed E-state index contributed by atoms with van der Waals surface area (Å²) in [5, 5.41) is 9.82. The summed E-state index contributed by atoms with van der Waals surface area (Å²) in [4.78, 5) is 3.95. The van der Waals surface area contributed by atoms with Gasteiger partial charge in [-0.25, -0.2) is 0 Å². The average Bonchev–Trinajstić information content (AvgIpc) is 2.25. The zero-order valence-corrected chi connectivity index (χ0v) is 8.78. The summed E-state index contributed by atoms with van der Waals surface area (Å²) in [6.45, 7) is 0. The normalized spacial score (nSPS) is 10.2. The Morgan fingerprint density at radius 3 is 2.47 bits per heavy atom. The van der Waals surface area contributed by atoms with Gasteiger partial charge in [0.05, 0.1) is 5.02 Å². The van der Waals surface area contributed by atoms with E-state index in [2.05, 4.69) is 4.98 Å². The van der Waals surface area contributed by atoms with E-state index in [1.54, 1.807) is 24.5 Å². The fraction of sp³-hybridized carbons (Fsp3) is 0.0833. The fourth-order valence-corrected chi connectivity index (χ4v) is 1.52. The molecule has 2 nitrogen and oxygen atoms in total. The topological polar surface area (TPSA) is 33.1 Å². The van der Waals surface area contributed by atoms with E-state index < -0.39 is 0 Å². The Hall–Kier alpha value is -1.54.